The summed E-state index contributed by atoms with van der Waals surface area (Å²) >= 11 is 0. The predicted octanol–water partition coefficient (Wildman–Crippen LogP) is 8.19. The number of carbonyl (C=O) groups excluding carboxylic acids is 2. The summed E-state index contributed by atoms with van der Waals surface area (Å²) in [4.78, 5) is 30.3. The predicted molar refractivity (Wildman–Crippen MR) is 217 cm³/mol. The molecule has 0 aliphatic heterocycles. The Morgan fingerprint density at radius 2 is 1.30 bits per heavy atom. The Kier molecular flexibility index (Phi) is 11.6. The summed E-state index contributed by atoms with van der Waals surface area (Å²) in [7, 11) is 0. The molecule has 0 aliphatic rings. The van der Waals surface area contributed by atoms with E-state index in [1.165, 1.54) is 0 Å². The number of aromatic nitrogens is 6. The fourth-order valence-electron chi connectivity index (χ4n) is 7.36. The molecule has 0 aliphatic carbocycles. The number of ether oxygens (including phenoxy) is 1. The highest BCUT2D eigenvalue weighted by Crippen LogP contribution is 2.43. The van der Waals surface area contributed by atoms with Crippen molar-refractivity contribution >= 4 is 11.9 Å². The first kappa shape index (κ1) is 37.6. The largest absolute Gasteiger partial charge is 0.461 e. The normalized spacial score (nSPS) is 11.3. The Morgan fingerprint density at radius 3 is 1.88 bits per heavy atom. The molecule has 0 unspecified atom stereocenters. The molecule has 2 aromatic heterocycles. The summed E-state index contributed by atoms with van der Waals surface area (Å²) < 4.78 is 9.12. The van der Waals surface area contributed by atoms with E-state index >= 15 is 0 Å². The highest BCUT2D eigenvalue weighted by molar-refractivity contribution is 5.89. The third-order valence-corrected chi connectivity index (χ3v) is 10.1. The van der Waals surface area contributed by atoms with E-state index in [-0.39, 0.29) is 24.6 Å². The Balaban J connectivity index is 1.17. The van der Waals surface area contributed by atoms with Gasteiger partial charge >= 0.3 is 5.97 Å². The van der Waals surface area contributed by atoms with Crippen molar-refractivity contribution in [2.45, 2.75) is 58.7 Å². The summed E-state index contributed by atoms with van der Waals surface area (Å²) in [6.07, 6.45) is 1.94. The van der Waals surface area contributed by atoms with Crippen LogP contribution in [0.1, 0.15) is 70.9 Å². The SMILES string of the molecule is CCCCn1c(CC(=O)NCc2ccc(-c3ccccc3-c3nnnn3C(c3ccccc3)(c3ccccc3)c3ccccc3)cc2)nc(C(=O)OCC)c1C. The number of hydrogen-bond acceptors (Lipinski definition) is 7. The molecular formula is C46H45N7O3. The van der Waals surface area contributed by atoms with Crippen molar-refractivity contribution in [2.75, 3.05) is 6.61 Å². The number of amides is 1. The van der Waals surface area contributed by atoms with E-state index in [0.717, 1.165) is 57.5 Å². The average molecular weight is 744 g/mol. The minimum Gasteiger partial charge on any atom is -0.461 e. The Hall–Kier alpha value is -6.68. The second-order valence-electron chi connectivity index (χ2n) is 13.6. The molecule has 0 saturated heterocycles. The molecule has 5 aromatic carbocycles. The highest BCUT2D eigenvalue weighted by Gasteiger charge is 2.42. The van der Waals surface area contributed by atoms with Gasteiger partial charge in [0, 0.05) is 24.3 Å². The first-order chi connectivity index (χ1) is 27.4. The maximum absolute atomic E-state index is 13.2. The Morgan fingerprint density at radius 1 is 0.732 bits per heavy atom. The maximum Gasteiger partial charge on any atom is 0.358 e. The zero-order valence-electron chi connectivity index (χ0n) is 31.9. The van der Waals surface area contributed by atoms with Crippen molar-refractivity contribution in [1.82, 2.24) is 35.1 Å². The fourth-order valence-corrected chi connectivity index (χ4v) is 7.36. The number of hydrogen-bond donors (Lipinski definition) is 1. The van der Waals surface area contributed by atoms with Crippen LogP contribution in [0.15, 0.2) is 140 Å². The lowest BCUT2D eigenvalue weighted by atomic mass is 9.77. The lowest BCUT2D eigenvalue weighted by Crippen LogP contribution is -2.39. The van der Waals surface area contributed by atoms with Gasteiger partial charge in [0.2, 0.25) is 5.91 Å². The van der Waals surface area contributed by atoms with E-state index in [2.05, 4.69) is 88.2 Å². The lowest BCUT2D eigenvalue weighted by Gasteiger charge is -2.36. The van der Waals surface area contributed by atoms with Crippen LogP contribution in [0.2, 0.25) is 0 Å². The molecule has 0 atom stereocenters. The molecule has 56 heavy (non-hydrogen) atoms. The van der Waals surface area contributed by atoms with Crippen molar-refractivity contribution in [3.05, 3.63) is 179 Å². The monoisotopic (exact) mass is 743 g/mol. The van der Waals surface area contributed by atoms with E-state index in [4.69, 9.17) is 9.95 Å². The zero-order chi connectivity index (χ0) is 38.9. The Labute approximate surface area is 327 Å². The summed E-state index contributed by atoms with van der Waals surface area (Å²) in [5.74, 6) is 0.528. The van der Waals surface area contributed by atoms with Gasteiger partial charge in [0.05, 0.1) is 13.0 Å². The summed E-state index contributed by atoms with van der Waals surface area (Å²) in [5.41, 5.74) is 6.93. The van der Waals surface area contributed by atoms with Crippen molar-refractivity contribution in [1.29, 1.82) is 0 Å². The van der Waals surface area contributed by atoms with Crippen LogP contribution in [-0.4, -0.2) is 48.2 Å². The van der Waals surface area contributed by atoms with Crippen LogP contribution >= 0.6 is 0 Å². The van der Waals surface area contributed by atoms with Crippen LogP contribution in [0.5, 0.6) is 0 Å². The minimum atomic E-state index is -0.885. The van der Waals surface area contributed by atoms with Gasteiger partial charge in [-0.1, -0.05) is 153 Å². The molecule has 0 saturated carbocycles. The molecule has 282 valence electrons. The molecule has 7 aromatic rings. The molecular weight excluding hydrogens is 699 g/mol. The van der Waals surface area contributed by atoms with Gasteiger partial charge in [-0.05, 0) is 64.1 Å². The van der Waals surface area contributed by atoms with Crippen molar-refractivity contribution in [3.63, 3.8) is 0 Å². The summed E-state index contributed by atoms with van der Waals surface area (Å²) in [6, 6.07) is 47.3. The van der Waals surface area contributed by atoms with Crippen molar-refractivity contribution in [3.8, 4) is 22.5 Å². The molecule has 0 fully saturated rings. The Bertz CT molecular complexity index is 2290. The maximum atomic E-state index is 13.2. The van der Waals surface area contributed by atoms with Crippen LogP contribution in [0.25, 0.3) is 22.5 Å². The molecule has 1 N–H and O–H groups in total. The van der Waals surface area contributed by atoms with E-state index in [1.807, 2.05) is 95.0 Å². The molecule has 10 heteroatoms. The van der Waals surface area contributed by atoms with E-state index in [0.29, 0.717) is 24.7 Å². The number of rotatable bonds is 15. The molecule has 10 nitrogen and oxygen atoms in total. The molecule has 7 rings (SSSR count). The first-order valence-corrected chi connectivity index (χ1v) is 19.1. The van der Waals surface area contributed by atoms with Gasteiger partial charge in [-0.25, -0.2) is 14.5 Å². The molecule has 2 heterocycles. The molecule has 0 spiro atoms. The smallest absolute Gasteiger partial charge is 0.358 e. The van der Waals surface area contributed by atoms with E-state index in [1.54, 1.807) is 6.92 Å². The van der Waals surface area contributed by atoms with Gasteiger partial charge < -0.3 is 14.6 Å². The van der Waals surface area contributed by atoms with Gasteiger partial charge in [-0.2, -0.15) is 0 Å². The highest BCUT2D eigenvalue weighted by atomic mass is 16.5. The van der Waals surface area contributed by atoms with Gasteiger partial charge in [0.25, 0.3) is 0 Å². The molecule has 0 bridgehead atoms. The molecule has 1 amide bonds. The summed E-state index contributed by atoms with van der Waals surface area (Å²) in [6.45, 7) is 7.00. The van der Waals surface area contributed by atoms with Crippen LogP contribution < -0.4 is 5.32 Å². The van der Waals surface area contributed by atoms with Crippen molar-refractivity contribution in [2.24, 2.45) is 0 Å². The van der Waals surface area contributed by atoms with Crippen molar-refractivity contribution < 1.29 is 14.3 Å². The van der Waals surface area contributed by atoms with E-state index < -0.39 is 11.5 Å². The standard InChI is InChI=1S/C46H45N7O3/c1-4-6-30-52-33(3)43(45(55)56-5-2)48-41(52)31-42(54)47-32-34-26-28-35(29-27-34)39-24-16-17-25-40(39)44-49-50-51-53(44)46(36-18-10-7-11-19-36,37-20-12-8-13-21-37)38-22-14-9-15-23-38/h7-29H,4-6,30-32H2,1-3H3,(H,47,54). The topological polar surface area (TPSA) is 117 Å². The van der Waals surface area contributed by atoms with Gasteiger partial charge in [0.1, 0.15) is 11.4 Å². The second-order valence-corrected chi connectivity index (χ2v) is 13.6. The lowest BCUT2D eigenvalue weighted by molar-refractivity contribution is -0.120. The number of tetrazole rings is 1. The number of unbranched alkanes of at least 4 members (excludes halogenated alkanes) is 1. The zero-order valence-corrected chi connectivity index (χ0v) is 31.9. The van der Waals surface area contributed by atoms with Crippen LogP contribution in [-0.2, 0) is 34.6 Å². The second kappa shape index (κ2) is 17.2. The quantitative estimate of drug-likeness (QED) is 0.0832. The van der Waals surface area contributed by atoms with Crippen LogP contribution in [0.4, 0.5) is 0 Å². The van der Waals surface area contributed by atoms with Gasteiger partial charge in [-0.3, -0.25) is 4.79 Å². The third kappa shape index (κ3) is 7.50. The average Bonchev–Trinajstić information content (AvgIpc) is 3.85. The summed E-state index contributed by atoms with van der Waals surface area (Å²) in [5, 5.41) is 16.8. The van der Waals surface area contributed by atoms with E-state index in [9.17, 15) is 9.59 Å². The number of carbonyl (C=O) groups is 2. The number of nitrogens with one attached hydrogen (secondary N) is 1. The number of esters is 1. The molecule has 0 radical (unpaired) electrons. The third-order valence-electron chi connectivity index (χ3n) is 10.1. The minimum absolute atomic E-state index is 0.0561. The number of benzene rings is 5. The fraction of sp³-hybridized carbons (Fsp3) is 0.217. The van der Waals surface area contributed by atoms with Gasteiger partial charge in [-0.15, -0.1) is 5.10 Å². The van der Waals surface area contributed by atoms with Crippen LogP contribution in [0.3, 0.4) is 0 Å². The van der Waals surface area contributed by atoms with Gasteiger partial charge in [0.15, 0.2) is 11.5 Å². The first-order valence-electron chi connectivity index (χ1n) is 19.1. The number of nitrogens with zero attached hydrogens (tertiary/aromatic N) is 6. The number of imidazole rings is 1. The van der Waals surface area contributed by atoms with Crippen LogP contribution in [0, 0.1) is 6.92 Å².